The predicted molar refractivity (Wildman–Crippen MR) is 116 cm³/mol. The van der Waals surface area contributed by atoms with Crippen LogP contribution in [-0.2, 0) is 4.79 Å². The number of hydrogen-bond donors (Lipinski definition) is 4. The molecule has 1 aliphatic carbocycles. The standard InChI is InChI=1S/C22H33N5O3/c1-16-6-5-9-19(14-16)25-21(29)23-15-20(28)24-18-10-12-27(13-11-18)22(30)26-17-7-3-2-4-8-17/h5-6,9,14,17-18H,2-4,7-8,10-13,15H2,1H3,(H,24,28)(H,26,30)(H2,23,25,29). The molecule has 30 heavy (non-hydrogen) atoms. The lowest BCUT2D eigenvalue weighted by Crippen LogP contribution is -2.52. The van der Waals surface area contributed by atoms with Crippen LogP contribution in [0.2, 0.25) is 0 Å². The van der Waals surface area contributed by atoms with E-state index >= 15 is 0 Å². The van der Waals surface area contributed by atoms with E-state index in [9.17, 15) is 14.4 Å². The van der Waals surface area contributed by atoms with Gasteiger partial charge in [0.15, 0.2) is 0 Å². The average molecular weight is 416 g/mol. The minimum absolute atomic E-state index is 0.0150. The van der Waals surface area contributed by atoms with Gasteiger partial charge >= 0.3 is 12.1 Å². The van der Waals surface area contributed by atoms with E-state index < -0.39 is 6.03 Å². The molecule has 3 rings (SSSR count). The summed E-state index contributed by atoms with van der Waals surface area (Å²) in [5, 5.41) is 11.4. The molecule has 1 aromatic rings. The van der Waals surface area contributed by atoms with E-state index in [2.05, 4.69) is 21.3 Å². The fourth-order valence-corrected chi connectivity index (χ4v) is 4.08. The van der Waals surface area contributed by atoms with E-state index in [-0.39, 0.29) is 24.5 Å². The molecule has 1 heterocycles. The second kappa shape index (κ2) is 10.8. The quantitative estimate of drug-likeness (QED) is 0.595. The summed E-state index contributed by atoms with van der Waals surface area (Å²) in [7, 11) is 0. The number of hydrogen-bond acceptors (Lipinski definition) is 3. The zero-order chi connectivity index (χ0) is 21.3. The van der Waals surface area contributed by atoms with Crippen molar-refractivity contribution in [2.45, 2.75) is 64.0 Å². The molecule has 0 radical (unpaired) electrons. The van der Waals surface area contributed by atoms with Crippen molar-refractivity contribution in [1.82, 2.24) is 20.9 Å². The Morgan fingerprint density at radius 2 is 1.67 bits per heavy atom. The summed E-state index contributed by atoms with van der Waals surface area (Å²) in [4.78, 5) is 38.4. The summed E-state index contributed by atoms with van der Waals surface area (Å²) in [6.07, 6.45) is 7.23. The van der Waals surface area contributed by atoms with Gasteiger partial charge in [0.25, 0.3) is 0 Å². The van der Waals surface area contributed by atoms with Crippen molar-refractivity contribution in [3.8, 4) is 0 Å². The number of benzene rings is 1. The summed E-state index contributed by atoms with van der Waals surface area (Å²) in [5.41, 5.74) is 1.73. The van der Waals surface area contributed by atoms with Gasteiger partial charge in [0, 0.05) is 30.9 Å². The molecule has 2 fully saturated rings. The number of anilines is 1. The highest BCUT2D eigenvalue weighted by Gasteiger charge is 2.25. The molecule has 4 N–H and O–H groups in total. The Labute approximate surface area is 178 Å². The number of urea groups is 2. The molecular weight excluding hydrogens is 382 g/mol. The maximum atomic E-state index is 12.4. The normalized spacial score (nSPS) is 17.8. The van der Waals surface area contributed by atoms with Crippen LogP contribution in [0.3, 0.4) is 0 Å². The number of carbonyl (C=O) groups excluding carboxylic acids is 3. The van der Waals surface area contributed by atoms with Crippen molar-refractivity contribution in [2.75, 3.05) is 25.0 Å². The van der Waals surface area contributed by atoms with Gasteiger partial charge in [-0.15, -0.1) is 0 Å². The van der Waals surface area contributed by atoms with Crippen molar-refractivity contribution in [2.24, 2.45) is 0 Å². The van der Waals surface area contributed by atoms with E-state index in [4.69, 9.17) is 0 Å². The molecule has 0 unspecified atom stereocenters. The number of piperidine rings is 1. The van der Waals surface area contributed by atoms with Crippen LogP contribution in [0.5, 0.6) is 0 Å². The smallest absolute Gasteiger partial charge is 0.319 e. The number of nitrogens with one attached hydrogen (secondary N) is 4. The van der Waals surface area contributed by atoms with Crippen LogP contribution in [-0.4, -0.2) is 54.6 Å². The molecular formula is C22H33N5O3. The summed E-state index contributed by atoms with van der Waals surface area (Å²) >= 11 is 0. The maximum Gasteiger partial charge on any atom is 0.319 e. The SMILES string of the molecule is Cc1cccc(NC(=O)NCC(=O)NC2CCN(C(=O)NC3CCCCC3)CC2)c1. The Kier molecular flexibility index (Phi) is 7.93. The van der Waals surface area contributed by atoms with E-state index in [1.54, 1.807) is 6.07 Å². The Morgan fingerprint density at radius 1 is 0.967 bits per heavy atom. The fourth-order valence-electron chi connectivity index (χ4n) is 4.08. The van der Waals surface area contributed by atoms with Gasteiger partial charge in [-0.25, -0.2) is 9.59 Å². The first-order chi connectivity index (χ1) is 14.5. The molecule has 8 nitrogen and oxygen atoms in total. The third kappa shape index (κ3) is 6.93. The summed E-state index contributed by atoms with van der Waals surface area (Å²) in [5.74, 6) is -0.223. The zero-order valence-corrected chi connectivity index (χ0v) is 17.7. The van der Waals surface area contributed by atoms with Crippen LogP contribution in [0.4, 0.5) is 15.3 Å². The second-order valence-electron chi connectivity index (χ2n) is 8.29. The molecule has 0 atom stereocenters. The van der Waals surface area contributed by atoms with Crippen LogP contribution >= 0.6 is 0 Å². The van der Waals surface area contributed by atoms with Gasteiger partial charge in [-0.1, -0.05) is 31.4 Å². The van der Waals surface area contributed by atoms with Crippen LogP contribution in [0, 0.1) is 6.92 Å². The molecule has 1 aliphatic heterocycles. The molecule has 0 bridgehead atoms. The van der Waals surface area contributed by atoms with Crippen molar-refractivity contribution < 1.29 is 14.4 Å². The van der Waals surface area contributed by atoms with Gasteiger partial charge in [0.1, 0.15) is 0 Å². The number of aryl methyl sites for hydroxylation is 1. The van der Waals surface area contributed by atoms with Crippen LogP contribution in [0.25, 0.3) is 0 Å². The minimum atomic E-state index is -0.412. The first-order valence-electron chi connectivity index (χ1n) is 11.0. The Bertz CT molecular complexity index is 740. The van der Waals surface area contributed by atoms with Crippen LogP contribution in [0.15, 0.2) is 24.3 Å². The monoisotopic (exact) mass is 415 g/mol. The predicted octanol–water partition coefficient (Wildman–Crippen LogP) is 2.74. The van der Waals surface area contributed by atoms with E-state index in [0.717, 1.165) is 31.2 Å². The third-order valence-electron chi connectivity index (χ3n) is 5.77. The zero-order valence-electron chi connectivity index (χ0n) is 17.7. The molecule has 164 valence electrons. The van der Waals surface area contributed by atoms with E-state index in [1.807, 2.05) is 30.0 Å². The minimum Gasteiger partial charge on any atom is -0.352 e. The van der Waals surface area contributed by atoms with Crippen molar-refractivity contribution in [1.29, 1.82) is 0 Å². The lowest BCUT2D eigenvalue weighted by Gasteiger charge is -2.34. The van der Waals surface area contributed by atoms with Crippen molar-refractivity contribution >= 4 is 23.7 Å². The molecule has 1 saturated carbocycles. The topological polar surface area (TPSA) is 103 Å². The lowest BCUT2D eigenvalue weighted by molar-refractivity contribution is -0.121. The summed E-state index contributed by atoms with van der Waals surface area (Å²) < 4.78 is 0. The molecule has 0 aromatic heterocycles. The molecule has 0 spiro atoms. The van der Waals surface area contributed by atoms with Crippen molar-refractivity contribution in [3.05, 3.63) is 29.8 Å². The Hall–Kier alpha value is -2.77. The van der Waals surface area contributed by atoms with E-state index in [1.165, 1.54) is 19.3 Å². The maximum absolute atomic E-state index is 12.4. The number of amides is 5. The molecule has 5 amide bonds. The number of nitrogens with zero attached hydrogens (tertiary/aromatic N) is 1. The van der Waals surface area contributed by atoms with Gasteiger partial charge in [0.2, 0.25) is 5.91 Å². The molecule has 1 aromatic carbocycles. The second-order valence-corrected chi connectivity index (χ2v) is 8.29. The highest BCUT2D eigenvalue weighted by molar-refractivity contribution is 5.92. The first-order valence-corrected chi connectivity index (χ1v) is 11.0. The van der Waals surface area contributed by atoms with Crippen LogP contribution in [0.1, 0.15) is 50.5 Å². The summed E-state index contributed by atoms with van der Waals surface area (Å²) in [6, 6.07) is 7.40. The third-order valence-corrected chi connectivity index (χ3v) is 5.77. The highest BCUT2D eigenvalue weighted by atomic mass is 16.2. The van der Waals surface area contributed by atoms with Crippen molar-refractivity contribution in [3.63, 3.8) is 0 Å². The summed E-state index contributed by atoms with van der Waals surface area (Å²) in [6.45, 7) is 3.12. The average Bonchev–Trinajstić information content (AvgIpc) is 2.73. The van der Waals surface area contributed by atoms with Gasteiger partial charge < -0.3 is 26.2 Å². The number of likely N-dealkylation sites (tertiary alicyclic amines) is 1. The number of rotatable bonds is 5. The van der Waals surface area contributed by atoms with Gasteiger partial charge in [-0.3, -0.25) is 4.79 Å². The molecule has 1 saturated heterocycles. The Morgan fingerprint density at radius 3 is 2.37 bits per heavy atom. The van der Waals surface area contributed by atoms with Gasteiger partial charge in [-0.2, -0.15) is 0 Å². The lowest BCUT2D eigenvalue weighted by atomic mass is 9.95. The van der Waals surface area contributed by atoms with Gasteiger partial charge in [-0.05, 0) is 50.3 Å². The van der Waals surface area contributed by atoms with Gasteiger partial charge in [0.05, 0.1) is 6.54 Å². The Balaban J connectivity index is 1.31. The first kappa shape index (κ1) is 21.9. The van der Waals surface area contributed by atoms with Crippen LogP contribution < -0.4 is 21.3 Å². The van der Waals surface area contributed by atoms with E-state index in [0.29, 0.717) is 24.8 Å². The number of carbonyl (C=O) groups is 3. The molecule has 8 heteroatoms. The highest BCUT2D eigenvalue weighted by Crippen LogP contribution is 2.18. The fraction of sp³-hybridized carbons (Fsp3) is 0.591. The molecule has 2 aliphatic rings. The largest absolute Gasteiger partial charge is 0.352 e.